The van der Waals surface area contributed by atoms with E-state index in [1.807, 2.05) is 30.3 Å². The molecule has 3 heteroatoms. The molecule has 2 amide bonds. The summed E-state index contributed by atoms with van der Waals surface area (Å²) in [6, 6.07) is 15.7. The van der Waals surface area contributed by atoms with Crippen LogP contribution < -0.4 is 5.32 Å². The van der Waals surface area contributed by atoms with Crippen molar-refractivity contribution in [3.63, 3.8) is 0 Å². The Kier molecular flexibility index (Phi) is 2.88. The standard InChI is InChI=1S/C16H13NO2/c18-15-13-9-8-12(10-14(13)16(19)17-15)7-6-11-4-2-1-3-5-11/h1-5,8-10H,6-7H2,(H,17,18,19). The van der Waals surface area contributed by atoms with Gasteiger partial charge in [-0.05, 0) is 36.1 Å². The maximum absolute atomic E-state index is 11.6. The lowest BCUT2D eigenvalue weighted by atomic mass is 10.0. The Balaban J connectivity index is 1.78. The van der Waals surface area contributed by atoms with E-state index in [1.165, 1.54) is 5.56 Å². The minimum absolute atomic E-state index is 0.290. The zero-order valence-corrected chi connectivity index (χ0v) is 10.3. The second kappa shape index (κ2) is 4.69. The van der Waals surface area contributed by atoms with Crippen LogP contribution in [0.2, 0.25) is 0 Å². The SMILES string of the molecule is O=C1NC(=O)c2cc(CCc3ccccc3)ccc21. The van der Waals surface area contributed by atoms with Crippen LogP contribution in [0.25, 0.3) is 0 Å². The fourth-order valence-electron chi connectivity index (χ4n) is 2.30. The highest BCUT2D eigenvalue weighted by Gasteiger charge is 2.26. The molecule has 0 aromatic heterocycles. The highest BCUT2D eigenvalue weighted by molar-refractivity contribution is 6.21. The molecule has 1 heterocycles. The van der Waals surface area contributed by atoms with Crippen LogP contribution in [0.4, 0.5) is 0 Å². The van der Waals surface area contributed by atoms with Crippen molar-refractivity contribution >= 4 is 11.8 Å². The van der Waals surface area contributed by atoms with Crippen molar-refractivity contribution in [2.75, 3.05) is 0 Å². The van der Waals surface area contributed by atoms with Gasteiger partial charge in [0.15, 0.2) is 0 Å². The minimum Gasteiger partial charge on any atom is -0.288 e. The van der Waals surface area contributed by atoms with Crippen LogP contribution in [0.1, 0.15) is 31.8 Å². The normalized spacial score (nSPS) is 13.3. The van der Waals surface area contributed by atoms with Crippen LogP contribution in [0.15, 0.2) is 48.5 Å². The number of carbonyl (C=O) groups is 2. The maximum atomic E-state index is 11.6. The highest BCUT2D eigenvalue weighted by atomic mass is 16.2. The summed E-state index contributed by atoms with van der Waals surface area (Å²) in [4.78, 5) is 23.0. The summed E-state index contributed by atoms with van der Waals surface area (Å²) >= 11 is 0. The van der Waals surface area contributed by atoms with E-state index in [4.69, 9.17) is 0 Å². The number of rotatable bonds is 3. The summed E-state index contributed by atoms with van der Waals surface area (Å²) in [5.74, 6) is -0.587. The molecule has 0 aliphatic carbocycles. The van der Waals surface area contributed by atoms with Gasteiger partial charge in [-0.15, -0.1) is 0 Å². The first-order valence-electron chi connectivity index (χ1n) is 6.26. The fraction of sp³-hybridized carbons (Fsp3) is 0.125. The minimum atomic E-state index is -0.297. The van der Waals surface area contributed by atoms with Gasteiger partial charge in [0, 0.05) is 0 Å². The fourth-order valence-corrected chi connectivity index (χ4v) is 2.30. The lowest BCUT2D eigenvalue weighted by molar-refractivity contribution is 0.0879. The smallest absolute Gasteiger partial charge is 0.258 e. The first-order chi connectivity index (χ1) is 9.24. The Morgan fingerprint density at radius 3 is 2.21 bits per heavy atom. The molecule has 0 saturated heterocycles. The molecule has 0 atom stereocenters. The van der Waals surface area contributed by atoms with E-state index < -0.39 is 0 Å². The van der Waals surface area contributed by atoms with Crippen molar-refractivity contribution in [1.29, 1.82) is 0 Å². The first-order valence-corrected chi connectivity index (χ1v) is 6.26. The Bertz CT molecular complexity index is 647. The molecule has 0 saturated carbocycles. The Hall–Kier alpha value is -2.42. The van der Waals surface area contributed by atoms with Crippen molar-refractivity contribution in [2.45, 2.75) is 12.8 Å². The van der Waals surface area contributed by atoms with Crippen molar-refractivity contribution in [2.24, 2.45) is 0 Å². The van der Waals surface area contributed by atoms with Crippen LogP contribution in [0.3, 0.4) is 0 Å². The molecule has 1 N–H and O–H groups in total. The van der Waals surface area contributed by atoms with Gasteiger partial charge >= 0.3 is 0 Å². The predicted molar refractivity (Wildman–Crippen MR) is 72.1 cm³/mol. The van der Waals surface area contributed by atoms with Crippen molar-refractivity contribution in [1.82, 2.24) is 5.32 Å². The van der Waals surface area contributed by atoms with Gasteiger partial charge in [0.2, 0.25) is 0 Å². The van der Waals surface area contributed by atoms with Crippen LogP contribution in [-0.2, 0) is 12.8 Å². The Morgan fingerprint density at radius 2 is 1.42 bits per heavy atom. The molecule has 94 valence electrons. The number of imide groups is 1. The van der Waals surface area contributed by atoms with Gasteiger partial charge in [0.1, 0.15) is 0 Å². The molecule has 1 aliphatic rings. The molecule has 0 fully saturated rings. The number of fused-ring (bicyclic) bond motifs is 1. The number of amides is 2. The summed E-state index contributed by atoms with van der Waals surface area (Å²) in [6.45, 7) is 0. The number of hydrogen-bond acceptors (Lipinski definition) is 2. The average molecular weight is 251 g/mol. The molecule has 0 spiro atoms. The molecular formula is C16H13NO2. The number of benzene rings is 2. The third-order valence-corrected chi connectivity index (χ3v) is 3.35. The van der Waals surface area contributed by atoms with Crippen LogP contribution >= 0.6 is 0 Å². The molecule has 2 aromatic rings. The lowest BCUT2D eigenvalue weighted by Gasteiger charge is -2.03. The number of hydrogen-bond donors (Lipinski definition) is 1. The zero-order chi connectivity index (χ0) is 13.2. The van der Waals surface area contributed by atoms with Gasteiger partial charge in [-0.2, -0.15) is 0 Å². The monoisotopic (exact) mass is 251 g/mol. The van der Waals surface area contributed by atoms with E-state index in [9.17, 15) is 9.59 Å². The van der Waals surface area contributed by atoms with E-state index in [0.29, 0.717) is 11.1 Å². The molecular weight excluding hydrogens is 238 g/mol. The molecule has 2 aromatic carbocycles. The van der Waals surface area contributed by atoms with E-state index >= 15 is 0 Å². The third kappa shape index (κ3) is 2.27. The van der Waals surface area contributed by atoms with Gasteiger partial charge in [0.25, 0.3) is 11.8 Å². The number of nitrogens with one attached hydrogen (secondary N) is 1. The Morgan fingerprint density at radius 1 is 0.737 bits per heavy atom. The first kappa shape index (κ1) is 11.7. The molecule has 3 rings (SSSR count). The van der Waals surface area contributed by atoms with Crippen LogP contribution in [0, 0.1) is 0 Å². The molecule has 0 radical (unpaired) electrons. The summed E-state index contributed by atoms with van der Waals surface area (Å²) in [7, 11) is 0. The van der Waals surface area contributed by atoms with Crippen LogP contribution in [0.5, 0.6) is 0 Å². The van der Waals surface area contributed by atoms with E-state index in [0.717, 1.165) is 18.4 Å². The molecule has 1 aliphatic heterocycles. The largest absolute Gasteiger partial charge is 0.288 e. The summed E-state index contributed by atoms with van der Waals surface area (Å²) in [5, 5.41) is 2.31. The predicted octanol–water partition coefficient (Wildman–Crippen LogP) is 2.36. The second-order valence-electron chi connectivity index (χ2n) is 4.65. The zero-order valence-electron chi connectivity index (χ0n) is 10.3. The van der Waals surface area contributed by atoms with E-state index in [2.05, 4.69) is 17.4 Å². The summed E-state index contributed by atoms with van der Waals surface area (Å²) < 4.78 is 0. The number of aryl methyl sites for hydroxylation is 2. The molecule has 0 unspecified atom stereocenters. The maximum Gasteiger partial charge on any atom is 0.258 e. The molecule has 3 nitrogen and oxygen atoms in total. The molecule has 19 heavy (non-hydrogen) atoms. The van der Waals surface area contributed by atoms with Crippen molar-refractivity contribution < 1.29 is 9.59 Å². The van der Waals surface area contributed by atoms with Crippen molar-refractivity contribution in [3.8, 4) is 0 Å². The van der Waals surface area contributed by atoms with Gasteiger partial charge in [-0.25, -0.2) is 0 Å². The quantitative estimate of drug-likeness (QED) is 0.851. The third-order valence-electron chi connectivity index (χ3n) is 3.35. The lowest BCUT2D eigenvalue weighted by Crippen LogP contribution is -2.19. The number of carbonyl (C=O) groups excluding carboxylic acids is 2. The highest BCUT2D eigenvalue weighted by Crippen LogP contribution is 2.18. The van der Waals surface area contributed by atoms with Gasteiger partial charge in [-0.1, -0.05) is 36.4 Å². The summed E-state index contributed by atoms with van der Waals surface area (Å²) in [5.41, 5.74) is 3.32. The molecule has 0 bridgehead atoms. The van der Waals surface area contributed by atoms with Crippen molar-refractivity contribution in [3.05, 3.63) is 70.8 Å². The van der Waals surface area contributed by atoms with Gasteiger partial charge in [0.05, 0.1) is 11.1 Å². The summed E-state index contributed by atoms with van der Waals surface area (Å²) in [6.07, 6.45) is 1.79. The topological polar surface area (TPSA) is 46.2 Å². The van der Waals surface area contributed by atoms with E-state index in [1.54, 1.807) is 6.07 Å². The Labute approximate surface area is 111 Å². The van der Waals surface area contributed by atoms with E-state index in [-0.39, 0.29) is 11.8 Å². The van der Waals surface area contributed by atoms with Crippen LogP contribution in [-0.4, -0.2) is 11.8 Å². The van der Waals surface area contributed by atoms with Gasteiger partial charge in [-0.3, -0.25) is 14.9 Å². The average Bonchev–Trinajstić information content (AvgIpc) is 2.73. The van der Waals surface area contributed by atoms with Gasteiger partial charge < -0.3 is 0 Å². The second-order valence-corrected chi connectivity index (χ2v) is 4.65.